The Hall–Kier alpha value is -3.03. The summed E-state index contributed by atoms with van der Waals surface area (Å²) < 4.78 is 51.1. The summed E-state index contributed by atoms with van der Waals surface area (Å²) >= 11 is 0. The normalized spacial score (nSPS) is 13.4. The second-order valence-corrected chi connectivity index (χ2v) is 7.61. The largest absolute Gasteiger partial charge is 0.489 e. The summed E-state index contributed by atoms with van der Waals surface area (Å²) in [6.45, 7) is 5.80. The van der Waals surface area contributed by atoms with E-state index in [-0.39, 0.29) is 29.9 Å². The van der Waals surface area contributed by atoms with Crippen LogP contribution >= 0.6 is 0 Å². The quantitative estimate of drug-likeness (QED) is 0.510. The van der Waals surface area contributed by atoms with Crippen LogP contribution in [0.25, 0.3) is 0 Å². The van der Waals surface area contributed by atoms with Crippen molar-refractivity contribution in [2.75, 3.05) is 6.54 Å². The van der Waals surface area contributed by atoms with Gasteiger partial charge in [0.1, 0.15) is 17.6 Å². The Balaban J connectivity index is 2.07. The monoisotopic (exact) mass is 436 g/mol. The first-order valence-electron chi connectivity index (χ1n) is 9.98. The molecule has 2 N–H and O–H groups in total. The minimum absolute atomic E-state index is 0.0766. The highest BCUT2D eigenvalue weighted by Gasteiger charge is 2.34. The van der Waals surface area contributed by atoms with Gasteiger partial charge >= 0.3 is 6.18 Å². The van der Waals surface area contributed by atoms with Crippen LogP contribution in [0.1, 0.15) is 38.3 Å². The summed E-state index contributed by atoms with van der Waals surface area (Å²) in [7, 11) is 0. The molecule has 2 atom stereocenters. The number of rotatable bonds is 10. The van der Waals surface area contributed by atoms with Gasteiger partial charge in [-0.15, -0.1) is 0 Å². The first-order chi connectivity index (χ1) is 14.6. The second-order valence-electron chi connectivity index (χ2n) is 7.61. The van der Waals surface area contributed by atoms with Crippen LogP contribution in [-0.2, 0) is 11.0 Å². The number of para-hydroxylation sites is 1. The highest BCUT2D eigenvalue weighted by atomic mass is 19.4. The van der Waals surface area contributed by atoms with Gasteiger partial charge in [0.15, 0.2) is 6.10 Å². The predicted molar refractivity (Wildman–Crippen MR) is 113 cm³/mol. The molecular weight excluding hydrogens is 409 g/mol. The molecule has 31 heavy (non-hydrogen) atoms. The number of ether oxygens (including phenoxy) is 2. The lowest BCUT2D eigenvalue weighted by Gasteiger charge is -2.22. The van der Waals surface area contributed by atoms with Gasteiger partial charge in [-0.25, -0.2) is 0 Å². The fourth-order valence-electron chi connectivity index (χ4n) is 2.91. The van der Waals surface area contributed by atoms with Crippen molar-refractivity contribution in [1.29, 1.82) is 5.41 Å². The summed E-state index contributed by atoms with van der Waals surface area (Å²) in [5, 5.41) is 9.92. The zero-order chi connectivity index (χ0) is 23.0. The molecule has 8 heteroatoms. The Morgan fingerprint density at radius 2 is 1.74 bits per heavy atom. The third kappa shape index (κ3) is 7.62. The van der Waals surface area contributed by atoms with Crippen LogP contribution in [-0.4, -0.2) is 30.9 Å². The van der Waals surface area contributed by atoms with Crippen molar-refractivity contribution in [2.45, 2.75) is 45.6 Å². The molecule has 0 bridgehead atoms. The molecule has 0 heterocycles. The molecule has 2 aromatic carbocycles. The Kier molecular flexibility index (Phi) is 8.47. The Bertz CT molecular complexity index is 870. The number of nitrogens with one attached hydrogen (secondary N) is 2. The van der Waals surface area contributed by atoms with Gasteiger partial charge in [0, 0.05) is 11.8 Å². The molecule has 1 amide bonds. The third-order valence-electron chi connectivity index (χ3n) is 4.39. The molecule has 2 unspecified atom stereocenters. The van der Waals surface area contributed by atoms with Crippen molar-refractivity contribution < 1.29 is 27.4 Å². The van der Waals surface area contributed by atoms with Gasteiger partial charge in [-0.2, -0.15) is 13.2 Å². The Labute approximate surface area is 180 Å². The third-order valence-corrected chi connectivity index (χ3v) is 4.39. The van der Waals surface area contributed by atoms with Crippen LogP contribution in [0.3, 0.4) is 0 Å². The van der Waals surface area contributed by atoms with E-state index >= 15 is 0 Å². The summed E-state index contributed by atoms with van der Waals surface area (Å²) in [4.78, 5) is 12.7. The number of hydrogen-bond acceptors (Lipinski definition) is 4. The van der Waals surface area contributed by atoms with E-state index < -0.39 is 23.8 Å². The van der Waals surface area contributed by atoms with Gasteiger partial charge in [-0.1, -0.05) is 32.0 Å². The van der Waals surface area contributed by atoms with Gasteiger partial charge in [-0.3, -0.25) is 4.79 Å². The van der Waals surface area contributed by atoms with Crippen LogP contribution in [0.4, 0.5) is 13.2 Å². The van der Waals surface area contributed by atoms with Gasteiger partial charge in [0.05, 0.1) is 12.1 Å². The van der Waals surface area contributed by atoms with E-state index in [1.165, 1.54) is 6.07 Å². The molecule has 0 aromatic heterocycles. The first-order valence-corrected chi connectivity index (χ1v) is 9.98. The molecule has 0 aliphatic heterocycles. The average molecular weight is 436 g/mol. The van der Waals surface area contributed by atoms with Crippen LogP contribution in [0, 0.1) is 11.3 Å². The molecule has 0 aliphatic carbocycles. The van der Waals surface area contributed by atoms with Crippen LogP contribution in [0.15, 0.2) is 48.5 Å². The standard InChI is InChI=1S/C23H27F3N2O3/c1-15(2)11-21(22(29)28-14-16(3)30-18-7-5-4-6-8-18)31-19-10-9-17(13-27)20(12-19)23(24,25)26/h4-10,12-13,15-16,21,27H,11,14H2,1-3H3,(H,28,29). The lowest BCUT2D eigenvalue weighted by molar-refractivity contribution is -0.137. The number of alkyl halides is 3. The highest BCUT2D eigenvalue weighted by Crippen LogP contribution is 2.34. The van der Waals surface area contributed by atoms with Crippen LogP contribution in [0.2, 0.25) is 0 Å². The van der Waals surface area contributed by atoms with Crippen molar-refractivity contribution in [3.05, 3.63) is 59.7 Å². The smallest absolute Gasteiger partial charge is 0.417 e. The van der Waals surface area contributed by atoms with E-state index in [0.29, 0.717) is 18.4 Å². The summed E-state index contributed by atoms with van der Waals surface area (Å²) in [6.07, 6.45) is -4.94. The lowest BCUT2D eigenvalue weighted by Crippen LogP contribution is -2.43. The molecule has 0 radical (unpaired) electrons. The van der Waals surface area contributed by atoms with Crippen molar-refractivity contribution in [2.24, 2.45) is 5.92 Å². The number of carbonyl (C=O) groups excluding carboxylic acids is 1. The van der Waals surface area contributed by atoms with E-state index in [4.69, 9.17) is 14.9 Å². The maximum Gasteiger partial charge on any atom is 0.417 e. The highest BCUT2D eigenvalue weighted by molar-refractivity contribution is 5.82. The van der Waals surface area contributed by atoms with Gasteiger partial charge in [-0.05, 0) is 49.6 Å². The number of benzene rings is 2. The zero-order valence-corrected chi connectivity index (χ0v) is 17.7. The average Bonchev–Trinajstić information content (AvgIpc) is 2.71. The van der Waals surface area contributed by atoms with Crippen molar-refractivity contribution >= 4 is 12.1 Å². The molecule has 0 saturated heterocycles. The molecule has 2 aromatic rings. The summed E-state index contributed by atoms with van der Waals surface area (Å²) in [6, 6.07) is 12.5. The number of carbonyl (C=O) groups is 1. The fourth-order valence-corrected chi connectivity index (χ4v) is 2.91. The number of amides is 1. The van der Waals surface area contributed by atoms with Crippen LogP contribution < -0.4 is 14.8 Å². The van der Waals surface area contributed by atoms with Crippen molar-refractivity contribution in [3.8, 4) is 11.5 Å². The number of hydrogen-bond donors (Lipinski definition) is 2. The minimum atomic E-state index is -4.63. The molecular formula is C23H27F3N2O3. The molecule has 5 nitrogen and oxygen atoms in total. The van der Waals surface area contributed by atoms with Gasteiger partial charge in [0.25, 0.3) is 5.91 Å². The maximum absolute atomic E-state index is 13.3. The summed E-state index contributed by atoms with van der Waals surface area (Å²) in [5.41, 5.74) is -1.25. The van der Waals surface area contributed by atoms with E-state index in [1.54, 1.807) is 19.1 Å². The number of halogens is 3. The predicted octanol–water partition coefficient (Wildman–Crippen LogP) is 5.08. The fraction of sp³-hybridized carbons (Fsp3) is 0.391. The minimum Gasteiger partial charge on any atom is -0.489 e. The second kappa shape index (κ2) is 10.8. The lowest BCUT2D eigenvalue weighted by atomic mass is 10.0. The first kappa shape index (κ1) is 24.2. The SMILES string of the molecule is CC(C)CC(Oc1ccc(C=N)c(C(F)(F)F)c1)C(=O)NCC(C)Oc1ccccc1. The topological polar surface area (TPSA) is 71.4 Å². The summed E-state index contributed by atoms with van der Waals surface area (Å²) in [5.74, 6) is 0.246. The van der Waals surface area contributed by atoms with Crippen LogP contribution in [0.5, 0.6) is 11.5 Å². The van der Waals surface area contributed by atoms with Crippen molar-refractivity contribution in [1.82, 2.24) is 5.32 Å². The Morgan fingerprint density at radius 1 is 1.06 bits per heavy atom. The van der Waals surface area contributed by atoms with E-state index in [1.807, 2.05) is 32.0 Å². The molecule has 0 fully saturated rings. The van der Waals surface area contributed by atoms with Gasteiger partial charge in [0.2, 0.25) is 0 Å². The zero-order valence-electron chi connectivity index (χ0n) is 17.7. The van der Waals surface area contributed by atoms with E-state index in [2.05, 4.69) is 5.32 Å². The van der Waals surface area contributed by atoms with E-state index in [9.17, 15) is 18.0 Å². The molecule has 168 valence electrons. The molecule has 0 spiro atoms. The van der Waals surface area contributed by atoms with E-state index in [0.717, 1.165) is 12.1 Å². The molecule has 0 saturated carbocycles. The maximum atomic E-state index is 13.3. The van der Waals surface area contributed by atoms with Gasteiger partial charge < -0.3 is 20.2 Å². The van der Waals surface area contributed by atoms with Crippen molar-refractivity contribution in [3.63, 3.8) is 0 Å². The Morgan fingerprint density at radius 3 is 2.32 bits per heavy atom. The molecule has 2 rings (SSSR count). The molecule has 0 aliphatic rings.